The van der Waals surface area contributed by atoms with Crippen LogP contribution < -0.4 is 16.6 Å². The number of H-pyrrole nitrogens is 2. The molecule has 0 aliphatic rings. The number of aromatic nitrogens is 5. The second-order valence-electron chi connectivity index (χ2n) is 6.88. The Labute approximate surface area is 169 Å². The Morgan fingerprint density at radius 3 is 2.70 bits per heavy atom. The van der Waals surface area contributed by atoms with Gasteiger partial charge in [-0.3, -0.25) is 24.5 Å². The van der Waals surface area contributed by atoms with E-state index in [1.807, 2.05) is 24.3 Å². The maximum Gasteiger partial charge on any atom is 0.329 e. The van der Waals surface area contributed by atoms with Crippen molar-refractivity contribution in [1.82, 2.24) is 24.7 Å². The fraction of sp³-hybridized carbons (Fsp3) is 0.250. The van der Waals surface area contributed by atoms with E-state index in [2.05, 4.69) is 32.3 Å². The van der Waals surface area contributed by atoms with Crippen LogP contribution >= 0.6 is 0 Å². The van der Waals surface area contributed by atoms with E-state index < -0.39 is 11.2 Å². The topological polar surface area (TPSA) is 139 Å². The Hall–Kier alpha value is -3.95. The van der Waals surface area contributed by atoms with Gasteiger partial charge in [-0.15, -0.1) is 0 Å². The summed E-state index contributed by atoms with van der Waals surface area (Å²) in [4.78, 5) is 45.1. The lowest BCUT2D eigenvalue weighted by atomic mass is 10.1. The summed E-state index contributed by atoms with van der Waals surface area (Å²) in [5.74, 6) is 0.390. The van der Waals surface area contributed by atoms with Crippen LogP contribution in [0.3, 0.4) is 0 Å². The molecule has 4 aromatic rings. The first-order chi connectivity index (χ1) is 14.4. The highest BCUT2D eigenvalue weighted by molar-refractivity contribution is 5.90. The molecule has 154 valence electrons. The summed E-state index contributed by atoms with van der Waals surface area (Å²) in [6.07, 6.45) is 1.32. The van der Waals surface area contributed by atoms with Gasteiger partial charge < -0.3 is 9.51 Å². The van der Waals surface area contributed by atoms with Gasteiger partial charge in [0.2, 0.25) is 11.8 Å². The highest BCUT2D eigenvalue weighted by atomic mass is 16.5. The van der Waals surface area contributed by atoms with Crippen molar-refractivity contribution in [3.63, 3.8) is 0 Å². The molecule has 0 saturated heterocycles. The monoisotopic (exact) mass is 408 g/mol. The normalized spacial score (nSPS) is 11.1. The number of hydrogen-bond donors (Lipinski definition) is 3. The van der Waals surface area contributed by atoms with E-state index >= 15 is 0 Å². The number of carbonyl (C=O) groups excluding carboxylic acids is 1. The van der Waals surface area contributed by atoms with Crippen molar-refractivity contribution in [2.24, 2.45) is 7.05 Å². The third-order valence-corrected chi connectivity index (χ3v) is 4.82. The zero-order valence-corrected chi connectivity index (χ0v) is 16.5. The first kappa shape index (κ1) is 19.4. The summed E-state index contributed by atoms with van der Waals surface area (Å²) < 4.78 is 6.44. The number of aryl methyl sites for hydroxylation is 3. The molecule has 0 saturated carbocycles. The molecule has 1 amide bonds. The molecular weight excluding hydrogens is 388 g/mol. The van der Waals surface area contributed by atoms with Gasteiger partial charge in [-0.25, -0.2) is 9.78 Å². The van der Waals surface area contributed by atoms with Crippen LogP contribution in [-0.2, 0) is 24.7 Å². The van der Waals surface area contributed by atoms with E-state index in [0.29, 0.717) is 11.5 Å². The number of nitrogens with zero attached hydrogens (tertiary/aromatic N) is 3. The summed E-state index contributed by atoms with van der Waals surface area (Å²) in [6, 6.07) is 9.63. The number of rotatable bonds is 6. The van der Waals surface area contributed by atoms with Crippen LogP contribution in [-0.4, -0.2) is 30.6 Å². The molecule has 0 bridgehead atoms. The van der Waals surface area contributed by atoms with Crippen molar-refractivity contribution in [3.8, 4) is 11.3 Å². The second kappa shape index (κ2) is 7.82. The number of benzene rings is 1. The van der Waals surface area contributed by atoms with Crippen LogP contribution in [0.4, 0.5) is 5.88 Å². The number of aromatic amines is 2. The number of carbonyl (C=O) groups is 1. The van der Waals surface area contributed by atoms with Gasteiger partial charge in [-0.05, 0) is 12.0 Å². The molecule has 0 atom stereocenters. The molecule has 30 heavy (non-hydrogen) atoms. The predicted octanol–water partition coefficient (Wildman–Crippen LogP) is 1.74. The molecule has 3 aromatic heterocycles. The second-order valence-corrected chi connectivity index (χ2v) is 6.88. The van der Waals surface area contributed by atoms with E-state index in [4.69, 9.17) is 4.52 Å². The van der Waals surface area contributed by atoms with Gasteiger partial charge in [0.15, 0.2) is 5.65 Å². The lowest BCUT2D eigenvalue weighted by Gasteiger charge is -1.99. The van der Waals surface area contributed by atoms with E-state index in [1.54, 1.807) is 6.07 Å². The quantitative estimate of drug-likeness (QED) is 0.444. The van der Waals surface area contributed by atoms with Gasteiger partial charge in [0, 0.05) is 31.5 Å². The Bertz CT molecular complexity index is 1330. The summed E-state index contributed by atoms with van der Waals surface area (Å²) >= 11 is 0. The van der Waals surface area contributed by atoms with Crippen LogP contribution in [0.2, 0.25) is 0 Å². The van der Waals surface area contributed by atoms with E-state index in [-0.39, 0.29) is 35.8 Å². The molecule has 4 rings (SSSR count). The van der Waals surface area contributed by atoms with Crippen LogP contribution in [0.15, 0.2) is 44.4 Å². The van der Waals surface area contributed by atoms with E-state index in [0.717, 1.165) is 12.0 Å². The van der Waals surface area contributed by atoms with E-state index in [9.17, 15) is 14.4 Å². The van der Waals surface area contributed by atoms with Gasteiger partial charge in [-0.1, -0.05) is 36.3 Å². The fourth-order valence-corrected chi connectivity index (χ4v) is 3.08. The number of fused-ring (bicyclic) bond motifs is 1. The van der Waals surface area contributed by atoms with Crippen LogP contribution in [0.25, 0.3) is 22.4 Å². The number of imidazole rings is 1. The van der Waals surface area contributed by atoms with Crippen molar-refractivity contribution in [2.45, 2.75) is 26.2 Å². The molecule has 10 heteroatoms. The molecule has 3 N–H and O–H groups in total. The minimum absolute atomic E-state index is 0.104. The Balaban J connectivity index is 1.41. The standard InChI is InChI=1S/C20H20N6O4/c1-3-11-4-6-12(7-5-11)13-10-16(30-25-13)23-15(27)9-8-14-21-17-18(22-14)26(2)20(29)24-19(17)28/h4-7,10H,3,8-9H2,1-2H3,(H,21,22)(H,23,27)(H,24,28,29). The smallest absolute Gasteiger partial charge is 0.329 e. The van der Waals surface area contributed by atoms with Gasteiger partial charge in [0.25, 0.3) is 5.56 Å². The predicted molar refractivity (Wildman–Crippen MR) is 110 cm³/mol. The van der Waals surface area contributed by atoms with Crippen molar-refractivity contribution in [2.75, 3.05) is 5.32 Å². The van der Waals surface area contributed by atoms with Crippen LogP contribution in [0.1, 0.15) is 24.7 Å². The molecule has 0 unspecified atom stereocenters. The molecule has 0 radical (unpaired) electrons. The SMILES string of the molecule is CCc1ccc(-c2cc(NC(=O)CCc3nc4c([nH]3)c(=O)[nH]c(=O)n4C)on2)cc1. The molecule has 10 nitrogen and oxygen atoms in total. The minimum atomic E-state index is -0.547. The fourth-order valence-electron chi connectivity index (χ4n) is 3.08. The third-order valence-electron chi connectivity index (χ3n) is 4.82. The van der Waals surface area contributed by atoms with Gasteiger partial charge in [-0.2, -0.15) is 0 Å². The summed E-state index contributed by atoms with van der Waals surface area (Å²) in [5, 5.41) is 6.65. The number of anilines is 1. The van der Waals surface area contributed by atoms with E-state index in [1.165, 1.54) is 17.2 Å². The maximum atomic E-state index is 12.3. The number of amides is 1. The average Bonchev–Trinajstić information content (AvgIpc) is 3.38. The molecule has 3 heterocycles. The number of hydrogen-bond acceptors (Lipinski definition) is 6. The molecule has 0 aliphatic heterocycles. The Morgan fingerprint density at radius 2 is 1.97 bits per heavy atom. The van der Waals surface area contributed by atoms with Crippen LogP contribution in [0.5, 0.6) is 0 Å². The zero-order valence-electron chi connectivity index (χ0n) is 16.5. The van der Waals surface area contributed by atoms with Gasteiger partial charge in [0.05, 0.1) is 0 Å². The molecule has 0 aliphatic carbocycles. The van der Waals surface area contributed by atoms with Crippen molar-refractivity contribution < 1.29 is 9.32 Å². The highest BCUT2D eigenvalue weighted by Crippen LogP contribution is 2.22. The lowest BCUT2D eigenvalue weighted by Crippen LogP contribution is -2.28. The average molecular weight is 408 g/mol. The van der Waals surface area contributed by atoms with Crippen molar-refractivity contribution >= 4 is 23.0 Å². The molecule has 0 fully saturated rings. The lowest BCUT2D eigenvalue weighted by molar-refractivity contribution is -0.116. The zero-order chi connectivity index (χ0) is 21.3. The first-order valence-electron chi connectivity index (χ1n) is 9.48. The molecule has 1 aromatic carbocycles. The van der Waals surface area contributed by atoms with Crippen molar-refractivity contribution in [1.29, 1.82) is 0 Å². The molecule has 0 spiro atoms. The summed E-state index contributed by atoms with van der Waals surface area (Å²) in [6.45, 7) is 2.09. The largest absolute Gasteiger partial charge is 0.338 e. The summed E-state index contributed by atoms with van der Waals surface area (Å²) in [5.41, 5.74) is 2.10. The van der Waals surface area contributed by atoms with Gasteiger partial charge in [0.1, 0.15) is 17.0 Å². The Morgan fingerprint density at radius 1 is 1.20 bits per heavy atom. The Kier molecular flexibility index (Phi) is 5.05. The molecular formula is C20H20N6O4. The number of nitrogens with one attached hydrogen (secondary N) is 3. The highest BCUT2D eigenvalue weighted by Gasteiger charge is 2.13. The summed E-state index contributed by atoms with van der Waals surface area (Å²) in [7, 11) is 1.51. The third kappa shape index (κ3) is 3.79. The maximum absolute atomic E-state index is 12.3. The van der Waals surface area contributed by atoms with Crippen LogP contribution in [0, 0.1) is 0 Å². The minimum Gasteiger partial charge on any atom is -0.338 e. The first-order valence-corrected chi connectivity index (χ1v) is 9.48. The van der Waals surface area contributed by atoms with Gasteiger partial charge >= 0.3 is 5.69 Å². The van der Waals surface area contributed by atoms with Crippen molar-refractivity contribution in [3.05, 3.63) is 62.6 Å².